The van der Waals surface area contributed by atoms with Crippen LogP contribution in [0.3, 0.4) is 0 Å². The van der Waals surface area contributed by atoms with Crippen LogP contribution < -0.4 is 29.6 Å². The Morgan fingerprint density at radius 1 is 0.757 bits per heavy atom. The Morgan fingerprint density at radius 2 is 1.08 bits per heavy atom. The maximum Gasteiger partial charge on any atom is 1.00 e. The Bertz CT molecular complexity index is 448. The number of aliphatic hydroxyl groups excluding tert-OH is 1. The van der Waals surface area contributed by atoms with Gasteiger partial charge in [0.05, 0.1) is 16.7 Å². The zero-order valence-electron chi connectivity index (χ0n) is 22.2. The third kappa shape index (κ3) is 115. The third-order valence-corrected chi connectivity index (χ3v) is 2.82. The molecule has 5 nitrogen and oxygen atoms in total. The molecule has 0 saturated carbocycles. The van der Waals surface area contributed by atoms with Gasteiger partial charge in [0.2, 0.25) is 0 Å². The van der Waals surface area contributed by atoms with Gasteiger partial charge >= 0.3 is 29.6 Å². The Balaban J connectivity index is -0.0000000158. The Morgan fingerprint density at radius 3 is 1.35 bits per heavy atom. The number of aliphatic hydroxyl groups is 1. The average Bonchev–Trinajstić information content (AvgIpc) is 2.76. The van der Waals surface area contributed by atoms with E-state index in [0.717, 1.165) is 18.2 Å². The summed E-state index contributed by atoms with van der Waals surface area (Å²) in [7, 11) is -3.11. The monoisotopic (exact) mass is 572 g/mol. The van der Waals surface area contributed by atoms with Crippen molar-refractivity contribution in [2.45, 2.75) is 141 Å². The summed E-state index contributed by atoms with van der Waals surface area (Å²) in [5.74, 6) is -0.360. The molecule has 1 aromatic carbocycles. The molecule has 0 saturated heterocycles. The van der Waals surface area contributed by atoms with Crippen LogP contribution in [-0.4, -0.2) is 46.0 Å². The molecule has 233 valence electrons. The molecule has 0 fully saturated rings. The van der Waals surface area contributed by atoms with Crippen molar-refractivity contribution in [2.24, 2.45) is 0 Å². The summed E-state index contributed by atoms with van der Waals surface area (Å²) in [6.45, 7) is 22.7. The first kappa shape index (κ1) is 99.0. The summed E-state index contributed by atoms with van der Waals surface area (Å²) in [5.41, 5.74) is 2.20. The van der Waals surface area contributed by atoms with Gasteiger partial charge in [-0.2, -0.15) is 0 Å². The van der Waals surface area contributed by atoms with E-state index in [9.17, 15) is 13.0 Å². The molecule has 0 bridgehead atoms. The molecule has 1 aromatic rings. The number of benzene rings is 1. The fourth-order valence-electron chi connectivity index (χ4n) is 1.33. The molecular formula is C29H77BNaO5S. The number of aryl methyl sites for hydroxylation is 1. The molecule has 0 unspecified atom stereocenters. The van der Waals surface area contributed by atoms with E-state index < -0.39 is 10.1 Å². The number of rotatable bonds is 6. The zero-order valence-corrected chi connectivity index (χ0v) is 25.0. The number of hydrogen-bond donors (Lipinski definition) is 1. The van der Waals surface area contributed by atoms with E-state index in [4.69, 9.17) is 9.84 Å². The van der Waals surface area contributed by atoms with Crippen LogP contribution in [0.25, 0.3) is 0 Å². The third-order valence-electron chi connectivity index (χ3n) is 2.03. The predicted octanol–water partition coefficient (Wildman–Crippen LogP) is 7.26. The van der Waals surface area contributed by atoms with Gasteiger partial charge in [0, 0.05) is 27.9 Å². The second kappa shape index (κ2) is 99.9. The molecule has 1 N–H and O–H groups in total. The minimum atomic E-state index is -4.11. The van der Waals surface area contributed by atoms with Gasteiger partial charge in [-0.15, -0.1) is 0 Å². The van der Waals surface area contributed by atoms with Crippen LogP contribution in [0.1, 0.15) is 139 Å². The van der Waals surface area contributed by atoms with Crippen LogP contribution in [0.2, 0.25) is 0 Å². The van der Waals surface area contributed by atoms with Gasteiger partial charge in [0.15, 0.2) is 0 Å². The molecule has 0 aliphatic carbocycles. The molecule has 0 aliphatic rings. The van der Waals surface area contributed by atoms with Crippen molar-refractivity contribution in [3.63, 3.8) is 0 Å². The van der Waals surface area contributed by atoms with E-state index in [-0.39, 0.29) is 109 Å². The van der Waals surface area contributed by atoms with Gasteiger partial charge in [0.1, 0.15) is 0 Å². The van der Waals surface area contributed by atoms with Crippen LogP contribution >= 0.6 is 0 Å². The van der Waals surface area contributed by atoms with E-state index in [1.807, 2.05) is 100 Å². The first-order chi connectivity index (χ1) is 13.5. The fraction of sp³-hybridized carbons (Fsp3) is 0.793. The molecule has 0 amide bonds. The van der Waals surface area contributed by atoms with Crippen LogP contribution in [0.5, 0.6) is 0 Å². The molecule has 0 heterocycles. The molecule has 0 aliphatic heterocycles. The van der Waals surface area contributed by atoms with Gasteiger partial charge in [-0.1, -0.05) is 151 Å². The van der Waals surface area contributed by atoms with E-state index in [1.165, 1.54) is 0 Å². The maximum absolute atomic E-state index is 10.3. The minimum absolute atomic E-state index is 0. The molecule has 0 aromatic heterocycles. The van der Waals surface area contributed by atoms with Gasteiger partial charge in [-0.3, -0.25) is 0 Å². The fourth-order valence-corrected chi connectivity index (χ4v) is 1.80. The molecule has 1 rings (SSSR count). The topological polar surface area (TPSA) is 86.7 Å². The van der Waals surface area contributed by atoms with E-state index in [2.05, 4.69) is 0 Å². The van der Waals surface area contributed by atoms with E-state index in [0.29, 0.717) is 6.61 Å². The van der Waals surface area contributed by atoms with E-state index >= 15 is 0 Å². The van der Waals surface area contributed by atoms with Crippen LogP contribution in [-0.2, 0) is 21.5 Å². The Hall–Kier alpha value is 0.115. The molecule has 0 atom stereocenters. The maximum atomic E-state index is 10.3. The molecule has 37 heavy (non-hydrogen) atoms. The normalized spacial score (nSPS) is 6.00. The summed E-state index contributed by atoms with van der Waals surface area (Å²) < 4.78 is 36.2. The zero-order chi connectivity index (χ0) is 24.0. The van der Waals surface area contributed by atoms with Crippen molar-refractivity contribution in [1.82, 2.24) is 0 Å². The Kier molecular flexibility index (Phi) is 267. The van der Waals surface area contributed by atoms with Crippen molar-refractivity contribution in [3.8, 4) is 0 Å². The second-order valence-electron chi connectivity index (χ2n) is 3.66. The summed E-state index contributed by atoms with van der Waals surface area (Å²) in [6.07, 6.45) is 0.248. The van der Waals surface area contributed by atoms with E-state index in [1.54, 1.807) is 0 Å². The van der Waals surface area contributed by atoms with Crippen LogP contribution in [0.15, 0.2) is 24.3 Å². The van der Waals surface area contributed by atoms with Gasteiger partial charge in [0.25, 0.3) is 0 Å². The van der Waals surface area contributed by atoms with Crippen LogP contribution in [0, 0.1) is 6.92 Å². The van der Waals surface area contributed by atoms with Gasteiger partial charge in [-0.25, -0.2) is 8.42 Å². The smallest absolute Gasteiger partial charge is 0.748 e. The largest absolute Gasteiger partial charge is 1.00 e. The van der Waals surface area contributed by atoms with Crippen LogP contribution in [0.4, 0.5) is 0 Å². The quantitative estimate of drug-likeness (QED) is 0.221. The summed E-state index contributed by atoms with van der Waals surface area (Å²) in [6, 6.07) is 7.88. The summed E-state index contributed by atoms with van der Waals surface area (Å²) >= 11 is 0. The standard InChI is InChI=1S/C11H16O4S.5C2H6.CH4O.7CH4.B.Na/c1-10-4-2-5-11(8-10)9-15-6-3-7-16(12,13)14;6*1-2;;;;;;;;;/h2,4-5,8H,3,6-7,9H2,1H3,(H,12,13,14);5*1-2H3;2H,1H3;7*1H4;;/q;;;;;;;;;;;;;;;+1/p-1. The van der Waals surface area contributed by atoms with Gasteiger partial charge < -0.3 is 14.4 Å². The second-order valence-corrected chi connectivity index (χ2v) is 5.18. The van der Waals surface area contributed by atoms with Crippen molar-refractivity contribution < 1.29 is 52.4 Å². The molecule has 8 heteroatoms. The molecule has 0 spiro atoms. The number of hydrogen-bond acceptors (Lipinski definition) is 5. The first-order valence-electron chi connectivity index (χ1n) is 10.5. The van der Waals surface area contributed by atoms with Crippen molar-refractivity contribution in [1.29, 1.82) is 0 Å². The predicted molar refractivity (Wildman–Crippen MR) is 178 cm³/mol. The summed E-state index contributed by atoms with van der Waals surface area (Å²) in [5, 5.41) is 7.00. The Labute approximate surface area is 265 Å². The van der Waals surface area contributed by atoms with Gasteiger partial charge in [-0.05, 0) is 18.9 Å². The number of ether oxygens (including phenoxy) is 1. The summed E-state index contributed by atoms with van der Waals surface area (Å²) in [4.78, 5) is 0. The first-order valence-corrected chi connectivity index (χ1v) is 12.1. The van der Waals surface area contributed by atoms with Crippen molar-refractivity contribution in [3.05, 3.63) is 35.4 Å². The minimum Gasteiger partial charge on any atom is -0.748 e. The van der Waals surface area contributed by atoms with Crippen molar-refractivity contribution >= 4 is 18.5 Å². The SMILES string of the molecule is C.C.C.C.C.C.C.CC.CC.CC.CC.CC.CO.Cc1cccc(COCCCS(=O)(=O)[O-])c1.[B].[Na+]. The average molecular weight is 572 g/mol. The molecule has 3 radical (unpaired) electrons. The van der Waals surface area contributed by atoms with Crippen molar-refractivity contribution in [2.75, 3.05) is 19.5 Å². The molecular weight excluding hydrogens is 494 g/mol.